The maximum Gasteiger partial charge on any atom is 0.397 e. The van der Waals surface area contributed by atoms with E-state index >= 15 is 0 Å². The van der Waals surface area contributed by atoms with Crippen LogP contribution in [0.25, 0.3) is 0 Å². The Hall–Kier alpha value is -2.71. The summed E-state index contributed by atoms with van der Waals surface area (Å²) in [4.78, 5) is 11.3. The van der Waals surface area contributed by atoms with Gasteiger partial charge in [-0.1, -0.05) is 12.1 Å². The van der Waals surface area contributed by atoms with Crippen molar-refractivity contribution in [3.63, 3.8) is 0 Å². The molecule has 0 bridgehead atoms. The van der Waals surface area contributed by atoms with E-state index in [0.717, 1.165) is 0 Å². The number of halogens is 3. The molecule has 0 unspecified atom stereocenters. The molecule has 0 aliphatic carbocycles. The van der Waals surface area contributed by atoms with Gasteiger partial charge in [-0.15, -0.1) is 0 Å². The van der Waals surface area contributed by atoms with Crippen LogP contribution in [0, 0.1) is 0 Å². The first-order chi connectivity index (χ1) is 11.4. The largest absolute Gasteiger partial charge is 0.486 e. The summed E-state index contributed by atoms with van der Waals surface area (Å²) in [6.07, 6.45) is -3.64. The number of ether oxygens (including phenoxy) is 2. The van der Waals surface area contributed by atoms with Gasteiger partial charge in [0.05, 0.1) is 18.4 Å². The van der Waals surface area contributed by atoms with E-state index < -0.39 is 18.5 Å². The number of anilines is 1. The fraction of sp³-hybridized carbons (Fsp3) is 0.333. The predicted molar refractivity (Wildman–Crippen MR) is 77.9 cm³/mol. The summed E-state index contributed by atoms with van der Waals surface area (Å²) >= 11 is 0. The lowest BCUT2D eigenvalue weighted by Crippen LogP contribution is -2.33. The summed E-state index contributed by atoms with van der Waals surface area (Å²) in [5.74, 6) is 0.155. The monoisotopic (exact) mass is 341 g/mol. The van der Waals surface area contributed by atoms with E-state index in [9.17, 15) is 18.0 Å². The summed E-state index contributed by atoms with van der Waals surface area (Å²) in [7, 11) is 0. The Morgan fingerprint density at radius 1 is 1.33 bits per heavy atom. The third-order valence-corrected chi connectivity index (χ3v) is 3.24. The van der Waals surface area contributed by atoms with Gasteiger partial charge in [-0.2, -0.15) is 18.3 Å². The summed E-state index contributed by atoms with van der Waals surface area (Å²) in [6.45, 7) is 0.663. The lowest BCUT2D eigenvalue weighted by Gasteiger charge is -2.26. The molecule has 128 valence electrons. The smallest absolute Gasteiger partial charge is 0.397 e. The number of benzene rings is 1. The van der Waals surface area contributed by atoms with Crippen molar-refractivity contribution in [1.29, 1.82) is 0 Å². The number of alkyl halides is 3. The number of carbonyl (C=O) groups excluding carboxylic acids is 1. The Morgan fingerprint density at radius 2 is 2.08 bits per heavy atom. The molecule has 2 aromatic rings. The van der Waals surface area contributed by atoms with E-state index in [1.54, 1.807) is 12.1 Å². The minimum atomic E-state index is -4.54. The molecule has 1 aromatic carbocycles. The van der Waals surface area contributed by atoms with Gasteiger partial charge in [-0.05, 0) is 12.1 Å². The van der Waals surface area contributed by atoms with Crippen LogP contribution in [0.1, 0.15) is 6.42 Å². The maximum atomic E-state index is 12.1. The molecule has 0 radical (unpaired) electrons. The number of hydrogen-bond donors (Lipinski definition) is 1. The fourth-order valence-corrected chi connectivity index (χ4v) is 2.28. The molecule has 1 amide bonds. The van der Waals surface area contributed by atoms with Crippen LogP contribution < -0.4 is 14.8 Å². The van der Waals surface area contributed by atoms with E-state index in [1.807, 2.05) is 12.1 Å². The van der Waals surface area contributed by atoms with Gasteiger partial charge in [0.1, 0.15) is 13.0 Å². The number of amides is 1. The molecule has 3 rings (SSSR count). The zero-order chi connectivity index (χ0) is 17.2. The van der Waals surface area contributed by atoms with E-state index in [-0.39, 0.29) is 11.8 Å². The highest BCUT2D eigenvalue weighted by Crippen LogP contribution is 2.31. The topological polar surface area (TPSA) is 65.4 Å². The Labute approximate surface area is 135 Å². The lowest BCUT2D eigenvalue weighted by atomic mass is 10.2. The quantitative estimate of drug-likeness (QED) is 0.928. The van der Waals surface area contributed by atoms with Crippen LogP contribution in [0.15, 0.2) is 36.7 Å². The molecule has 1 aliphatic heterocycles. The minimum absolute atomic E-state index is 0.196. The fourth-order valence-electron chi connectivity index (χ4n) is 2.28. The average Bonchev–Trinajstić information content (AvgIpc) is 2.92. The van der Waals surface area contributed by atoms with Crippen molar-refractivity contribution in [3.05, 3.63) is 36.7 Å². The first-order valence-corrected chi connectivity index (χ1v) is 7.16. The highest BCUT2D eigenvalue weighted by Gasteiger charge is 2.31. The standard InChI is InChI=1S/C15H14F3N3O3/c16-15(17,18)5-14(22)20-10-6-19-21(7-10)8-11-9-23-12-3-1-2-4-13(12)24-11/h1-4,6-7,11H,5,8-9H2,(H,20,22)/t11-/m0/s1. The Kier molecular flexibility index (Phi) is 4.32. The van der Waals surface area contributed by atoms with Gasteiger partial charge in [0, 0.05) is 6.20 Å². The predicted octanol–water partition coefficient (Wildman–Crippen LogP) is 2.61. The number of carbonyl (C=O) groups is 1. The summed E-state index contributed by atoms with van der Waals surface area (Å²) in [5.41, 5.74) is 0.196. The van der Waals surface area contributed by atoms with Gasteiger partial charge in [-0.3, -0.25) is 9.48 Å². The lowest BCUT2D eigenvalue weighted by molar-refractivity contribution is -0.150. The van der Waals surface area contributed by atoms with Gasteiger partial charge in [0.2, 0.25) is 5.91 Å². The van der Waals surface area contributed by atoms with Crippen LogP contribution in [0.3, 0.4) is 0 Å². The number of nitrogens with one attached hydrogen (secondary N) is 1. The number of hydrogen-bond acceptors (Lipinski definition) is 4. The third-order valence-electron chi connectivity index (χ3n) is 3.24. The van der Waals surface area contributed by atoms with Crippen LogP contribution in [0.5, 0.6) is 11.5 Å². The van der Waals surface area contributed by atoms with Crippen molar-refractivity contribution in [2.45, 2.75) is 25.2 Å². The second-order valence-corrected chi connectivity index (χ2v) is 5.29. The molecule has 1 aromatic heterocycles. The number of fused-ring (bicyclic) bond motifs is 1. The van der Waals surface area contributed by atoms with Gasteiger partial charge in [0.15, 0.2) is 17.6 Å². The number of nitrogens with zero attached hydrogens (tertiary/aromatic N) is 2. The SMILES string of the molecule is O=C(CC(F)(F)F)Nc1cnn(C[C@H]2COc3ccccc3O2)c1. The number of aromatic nitrogens is 2. The zero-order valence-electron chi connectivity index (χ0n) is 12.4. The summed E-state index contributed by atoms with van der Waals surface area (Å²) in [5, 5.41) is 6.16. The molecule has 9 heteroatoms. The first-order valence-electron chi connectivity index (χ1n) is 7.16. The molecule has 2 heterocycles. The van der Waals surface area contributed by atoms with Gasteiger partial charge in [-0.25, -0.2) is 0 Å². The zero-order valence-corrected chi connectivity index (χ0v) is 12.4. The van der Waals surface area contributed by atoms with Crippen molar-refractivity contribution in [3.8, 4) is 11.5 Å². The summed E-state index contributed by atoms with van der Waals surface area (Å²) < 4.78 is 49.2. The Bertz CT molecular complexity index is 730. The van der Waals surface area contributed by atoms with Crippen molar-refractivity contribution >= 4 is 11.6 Å². The molecule has 0 saturated carbocycles. The normalized spacial score (nSPS) is 16.7. The van der Waals surface area contributed by atoms with Crippen molar-refractivity contribution in [2.24, 2.45) is 0 Å². The van der Waals surface area contributed by atoms with Crippen molar-refractivity contribution < 1.29 is 27.4 Å². The van der Waals surface area contributed by atoms with Gasteiger partial charge < -0.3 is 14.8 Å². The van der Waals surface area contributed by atoms with Gasteiger partial charge in [0.25, 0.3) is 0 Å². The first kappa shape index (κ1) is 16.2. The Morgan fingerprint density at radius 3 is 2.83 bits per heavy atom. The van der Waals surface area contributed by atoms with Crippen LogP contribution in [-0.4, -0.2) is 34.6 Å². The molecule has 1 N–H and O–H groups in total. The molecular weight excluding hydrogens is 327 g/mol. The number of para-hydroxylation sites is 2. The second kappa shape index (κ2) is 6.42. The molecule has 0 saturated heterocycles. The molecule has 6 nitrogen and oxygen atoms in total. The minimum Gasteiger partial charge on any atom is -0.486 e. The molecular formula is C15H14F3N3O3. The highest BCUT2D eigenvalue weighted by molar-refractivity contribution is 5.90. The Balaban J connectivity index is 1.56. The summed E-state index contributed by atoms with van der Waals surface area (Å²) in [6, 6.07) is 7.25. The molecule has 0 spiro atoms. The van der Waals surface area contributed by atoms with E-state index in [2.05, 4.69) is 10.4 Å². The molecule has 24 heavy (non-hydrogen) atoms. The molecule has 0 fully saturated rings. The van der Waals surface area contributed by atoms with Crippen molar-refractivity contribution in [2.75, 3.05) is 11.9 Å². The van der Waals surface area contributed by atoms with Crippen LogP contribution in [0.4, 0.5) is 18.9 Å². The van der Waals surface area contributed by atoms with E-state index in [4.69, 9.17) is 9.47 Å². The highest BCUT2D eigenvalue weighted by atomic mass is 19.4. The maximum absolute atomic E-state index is 12.1. The molecule has 1 atom stereocenters. The van der Waals surface area contributed by atoms with E-state index in [0.29, 0.717) is 24.7 Å². The second-order valence-electron chi connectivity index (χ2n) is 5.29. The molecule has 1 aliphatic rings. The van der Waals surface area contributed by atoms with Crippen LogP contribution >= 0.6 is 0 Å². The van der Waals surface area contributed by atoms with Crippen molar-refractivity contribution in [1.82, 2.24) is 9.78 Å². The van der Waals surface area contributed by atoms with Gasteiger partial charge >= 0.3 is 6.18 Å². The number of rotatable bonds is 4. The van der Waals surface area contributed by atoms with E-state index in [1.165, 1.54) is 17.1 Å². The van der Waals surface area contributed by atoms with Crippen LogP contribution in [-0.2, 0) is 11.3 Å². The third kappa shape index (κ3) is 4.18. The average molecular weight is 341 g/mol. The van der Waals surface area contributed by atoms with Crippen LogP contribution in [0.2, 0.25) is 0 Å².